The molecule has 1 aliphatic rings. The molecule has 0 saturated heterocycles. The van der Waals surface area contributed by atoms with Gasteiger partial charge in [-0.2, -0.15) is 0 Å². The summed E-state index contributed by atoms with van der Waals surface area (Å²) in [5.41, 5.74) is 0.327. The lowest BCUT2D eigenvalue weighted by molar-refractivity contribution is -0.153. The molecule has 3 rings (SSSR count). The Labute approximate surface area is 213 Å². The standard InChI is InChI=1S/C29H36N2O5/c1-28(2,3)36-27(34)31(20-29(4,26(33)35-5)19-24-13-9-10-18-30-24)25(32)23-16-14-22(15-17-23)21-11-7-6-8-12-21/h6-9,11-17,24,30H,10,18-20H2,1-5H3/t24-,29+/m0/s1. The first kappa shape index (κ1) is 27.1. The smallest absolute Gasteiger partial charge is 0.417 e. The fraction of sp³-hybridized carbons (Fsp3) is 0.414. The number of nitrogens with one attached hydrogen (secondary N) is 1. The van der Waals surface area contributed by atoms with Gasteiger partial charge in [-0.05, 0) is 70.3 Å². The third kappa shape index (κ3) is 7.04. The van der Waals surface area contributed by atoms with Gasteiger partial charge in [-0.15, -0.1) is 0 Å². The third-order valence-corrected chi connectivity index (χ3v) is 6.04. The van der Waals surface area contributed by atoms with Crippen LogP contribution in [0.5, 0.6) is 0 Å². The molecule has 7 heteroatoms. The fourth-order valence-electron chi connectivity index (χ4n) is 4.24. The molecule has 1 aliphatic heterocycles. The molecule has 0 saturated carbocycles. The summed E-state index contributed by atoms with van der Waals surface area (Å²) in [5.74, 6) is -1.03. The first-order valence-corrected chi connectivity index (χ1v) is 12.2. The van der Waals surface area contributed by atoms with Crippen molar-refractivity contribution in [3.63, 3.8) is 0 Å². The molecule has 36 heavy (non-hydrogen) atoms. The van der Waals surface area contributed by atoms with Crippen molar-refractivity contribution in [3.05, 3.63) is 72.3 Å². The number of carbonyl (C=O) groups excluding carboxylic acids is 3. The number of hydrogen-bond acceptors (Lipinski definition) is 6. The minimum absolute atomic E-state index is 0.0800. The number of imide groups is 1. The van der Waals surface area contributed by atoms with Crippen molar-refractivity contribution >= 4 is 18.0 Å². The van der Waals surface area contributed by atoms with Gasteiger partial charge in [0.15, 0.2) is 0 Å². The van der Waals surface area contributed by atoms with Crippen LogP contribution in [0.3, 0.4) is 0 Å². The van der Waals surface area contributed by atoms with Crippen LogP contribution in [0, 0.1) is 5.41 Å². The summed E-state index contributed by atoms with van der Waals surface area (Å²) in [4.78, 5) is 40.9. The van der Waals surface area contributed by atoms with Crippen molar-refractivity contribution in [2.45, 2.75) is 52.2 Å². The largest absolute Gasteiger partial charge is 0.469 e. The van der Waals surface area contributed by atoms with Crippen molar-refractivity contribution < 1.29 is 23.9 Å². The SMILES string of the molecule is COC(=O)[C@](C)(C[C@@H]1C=CCCN1)CN(C(=O)OC(C)(C)C)C(=O)c1ccc(-c2ccccc2)cc1. The highest BCUT2D eigenvalue weighted by Gasteiger charge is 2.42. The van der Waals surface area contributed by atoms with Crippen molar-refractivity contribution in [1.29, 1.82) is 0 Å². The summed E-state index contributed by atoms with van der Waals surface area (Å²) < 4.78 is 10.7. The highest BCUT2D eigenvalue weighted by Crippen LogP contribution is 2.30. The molecule has 2 aromatic carbocycles. The Morgan fingerprint density at radius 3 is 2.17 bits per heavy atom. The van der Waals surface area contributed by atoms with Gasteiger partial charge in [0.25, 0.3) is 5.91 Å². The molecule has 0 spiro atoms. The van der Waals surface area contributed by atoms with E-state index in [0.29, 0.717) is 12.0 Å². The third-order valence-electron chi connectivity index (χ3n) is 6.04. The normalized spacial score (nSPS) is 17.1. The number of hydrogen-bond donors (Lipinski definition) is 1. The Morgan fingerprint density at radius 1 is 0.972 bits per heavy atom. The maximum atomic E-state index is 13.6. The van der Waals surface area contributed by atoms with E-state index in [1.165, 1.54) is 7.11 Å². The van der Waals surface area contributed by atoms with E-state index in [4.69, 9.17) is 9.47 Å². The Kier molecular flexibility index (Phi) is 8.69. The van der Waals surface area contributed by atoms with Gasteiger partial charge in [0.2, 0.25) is 0 Å². The van der Waals surface area contributed by atoms with Crippen LogP contribution >= 0.6 is 0 Å². The first-order chi connectivity index (χ1) is 17.0. The highest BCUT2D eigenvalue weighted by atomic mass is 16.6. The number of benzene rings is 2. The lowest BCUT2D eigenvalue weighted by atomic mass is 9.82. The van der Waals surface area contributed by atoms with Crippen molar-refractivity contribution in [1.82, 2.24) is 10.2 Å². The number of ether oxygens (including phenoxy) is 2. The van der Waals surface area contributed by atoms with Crippen molar-refractivity contribution in [2.24, 2.45) is 5.41 Å². The molecule has 0 bridgehead atoms. The van der Waals surface area contributed by atoms with E-state index in [-0.39, 0.29) is 12.6 Å². The van der Waals surface area contributed by atoms with Crippen LogP contribution in [-0.2, 0) is 14.3 Å². The van der Waals surface area contributed by atoms with E-state index in [2.05, 4.69) is 11.4 Å². The lowest BCUT2D eigenvalue weighted by Gasteiger charge is -2.35. The Bertz CT molecular complexity index is 1090. The topological polar surface area (TPSA) is 84.9 Å². The van der Waals surface area contributed by atoms with E-state index < -0.39 is 29.0 Å². The van der Waals surface area contributed by atoms with E-state index >= 15 is 0 Å². The van der Waals surface area contributed by atoms with Gasteiger partial charge in [-0.3, -0.25) is 9.59 Å². The zero-order valence-corrected chi connectivity index (χ0v) is 21.7. The van der Waals surface area contributed by atoms with Crippen molar-refractivity contribution in [3.8, 4) is 11.1 Å². The Hall–Kier alpha value is -3.45. The summed E-state index contributed by atoms with van der Waals surface area (Å²) in [6.07, 6.45) is 4.53. The van der Waals surface area contributed by atoms with Gasteiger partial charge in [0.05, 0.1) is 12.5 Å². The average Bonchev–Trinajstić information content (AvgIpc) is 2.86. The predicted octanol–water partition coefficient (Wildman–Crippen LogP) is 5.22. The van der Waals surface area contributed by atoms with Crippen LogP contribution in [0.4, 0.5) is 4.79 Å². The maximum absolute atomic E-state index is 13.6. The van der Waals surface area contributed by atoms with Gasteiger partial charge in [-0.25, -0.2) is 9.69 Å². The van der Waals surface area contributed by atoms with E-state index in [9.17, 15) is 14.4 Å². The van der Waals surface area contributed by atoms with Gasteiger partial charge in [-0.1, -0.05) is 54.6 Å². The fourth-order valence-corrected chi connectivity index (χ4v) is 4.24. The number of carbonyl (C=O) groups is 3. The Morgan fingerprint density at radius 2 is 1.61 bits per heavy atom. The summed E-state index contributed by atoms with van der Waals surface area (Å²) in [7, 11) is 1.31. The van der Waals surface area contributed by atoms with E-state index in [1.54, 1.807) is 39.8 Å². The Balaban J connectivity index is 1.92. The maximum Gasteiger partial charge on any atom is 0.417 e. The molecule has 1 N–H and O–H groups in total. The molecule has 0 aliphatic carbocycles. The number of esters is 1. The molecule has 0 aromatic heterocycles. The molecule has 2 atom stereocenters. The number of nitrogens with zero attached hydrogens (tertiary/aromatic N) is 1. The number of methoxy groups -OCH3 is 1. The molecule has 0 radical (unpaired) electrons. The average molecular weight is 493 g/mol. The molecule has 0 fully saturated rings. The minimum atomic E-state index is -1.15. The van der Waals surface area contributed by atoms with Gasteiger partial charge in [0.1, 0.15) is 5.60 Å². The molecule has 192 valence electrons. The predicted molar refractivity (Wildman–Crippen MR) is 139 cm³/mol. The van der Waals surface area contributed by atoms with Crippen LogP contribution in [0.25, 0.3) is 11.1 Å². The highest BCUT2D eigenvalue weighted by molar-refractivity contribution is 6.03. The molecular weight excluding hydrogens is 456 g/mol. The molecule has 2 amide bonds. The zero-order valence-electron chi connectivity index (χ0n) is 21.7. The second kappa shape index (κ2) is 11.5. The molecular formula is C29H36N2O5. The second-order valence-corrected chi connectivity index (χ2v) is 10.3. The van der Waals surface area contributed by atoms with Crippen LogP contribution in [0.15, 0.2) is 66.7 Å². The summed E-state index contributed by atoms with van der Waals surface area (Å²) in [6.45, 7) is 7.53. The van der Waals surface area contributed by atoms with Gasteiger partial charge in [0, 0.05) is 18.2 Å². The van der Waals surface area contributed by atoms with Crippen LogP contribution in [-0.4, -0.2) is 54.7 Å². The van der Waals surface area contributed by atoms with Crippen LogP contribution in [0.1, 0.15) is 50.9 Å². The van der Waals surface area contributed by atoms with E-state index in [1.807, 2.05) is 48.5 Å². The molecule has 1 heterocycles. The van der Waals surface area contributed by atoms with Crippen LogP contribution < -0.4 is 5.32 Å². The van der Waals surface area contributed by atoms with Crippen molar-refractivity contribution in [2.75, 3.05) is 20.2 Å². The quantitative estimate of drug-likeness (QED) is 0.421. The minimum Gasteiger partial charge on any atom is -0.469 e. The first-order valence-electron chi connectivity index (χ1n) is 12.2. The lowest BCUT2D eigenvalue weighted by Crippen LogP contribution is -2.51. The molecule has 7 nitrogen and oxygen atoms in total. The summed E-state index contributed by atoms with van der Waals surface area (Å²) in [5, 5.41) is 3.36. The summed E-state index contributed by atoms with van der Waals surface area (Å²) >= 11 is 0. The zero-order chi connectivity index (χ0) is 26.3. The number of rotatable bonds is 7. The summed E-state index contributed by atoms with van der Waals surface area (Å²) in [6, 6.07) is 16.8. The molecule has 2 aromatic rings. The number of amides is 2. The second-order valence-electron chi connectivity index (χ2n) is 10.3. The van der Waals surface area contributed by atoms with E-state index in [0.717, 1.165) is 29.0 Å². The monoisotopic (exact) mass is 492 g/mol. The van der Waals surface area contributed by atoms with Crippen LogP contribution in [0.2, 0.25) is 0 Å². The molecule has 0 unspecified atom stereocenters. The van der Waals surface area contributed by atoms with Gasteiger partial charge < -0.3 is 14.8 Å². The van der Waals surface area contributed by atoms with Gasteiger partial charge >= 0.3 is 12.1 Å².